The second-order valence-corrected chi connectivity index (χ2v) is 5.46. The van der Waals surface area contributed by atoms with Gasteiger partial charge in [-0.25, -0.2) is 4.79 Å². The number of amides is 1. The van der Waals surface area contributed by atoms with Crippen LogP contribution in [0.25, 0.3) is 0 Å². The van der Waals surface area contributed by atoms with Gasteiger partial charge in [0, 0.05) is 12.2 Å². The van der Waals surface area contributed by atoms with Crippen LogP contribution in [-0.2, 0) is 12.7 Å². The van der Waals surface area contributed by atoms with Gasteiger partial charge in [0.15, 0.2) is 0 Å². The number of anilines is 3. The van der Waals surface area contributed by atoms with Gasteiger partial charge in [0.1, 0.15) is 0 Å². The fraction of sp³-hybridized carbons (Fsp3) is 0.167. The zero-order valence-electron chi connectivity index (χ0n) is 13.5. The average Bonchev–Trinajstić information content (AvgIpc) is 2.55. The Morgan fingerprint density at radius 1 is 1.23 bits per heavy atom. The second-order valence-electron chi connectivity index (χ2n) is 5.46. The van der Waals surface area contributed by atoms with E-state index in [2.05, 4.69) is 11.2 Å². The summed E-state index contributed by atoms with van der Waals surface area (Å²) in [6, 6.07) is 9.46. The Kier molecular flexibility index (Phi) is 5.62. The van der Waals surface area contributed by atoms with Gasteiger partial charge in [-0.2, -0.15) is 13.2 Å². The predicted molar refractivity (Wildman–Crippen MR) is 93.8 cm³/mol. The molecule has 136 valence electrons. The third-order valence-electron chi connectivity index (χ3n) is 3.58. The van der Waals surface area contributed by atoms with Crippen molar-refractivity contribution in [1.29, 1.82) is 0 Å². The Morgan fingerprint density at radius 2 is 1.88 bits per heavy atom. The number of halogens is 3. The van der Waals surface area contributed by atoms with Crippen LogP contribution in [0, 0.1) is 12.3 Å². The van der Waals surface area contributed by atoms with Gasteiger partial charge in [-0.3, -0.25) is 5.32 Å². The number of hydrogen-bond acceptors (Lipinski definition) is 3. The quantitative estimate of drug-likeness (QED) is 0.554. The number of carboxylic acid groups (broad SMARTS) is 1. The van der Waals surface area contributed by atoms with E-state index in [1.807, 2.05) is 0 Å². The summed E-state index contributed by atoms with van der Waals surface area (Å²) in [5, 5.41) is 10.9. The van der Waals surface area contributed by atoms with E-state index in [-0.39, 0.29) is 24.5 Å². The van der Waals surface area contributed by atoms with Crippen LogP contribution in [0.1, 0.15) is 11.1 Å². The van der Waals surface area contributed by atoms with E-state index in [1.165, 1.54) is 18.2 Å². The van der Waals surface area contributed by atoms with E-state index in [4.69, 9.17) is 17.3 Å². The lowest BCUT2D eigenvalue weighted by atomic mass is 10.1. The standard InChI is InChI=1S/C18H16F3N3O2/c1-2-9-24(11-12-3-5-13(6-4-12)18(19,20)21)14-7-8-16(15(22)10-14)23-17(25)26/h1,3-8,10,23H,9,11,22H2,(H,25,26). The van der Waals surface area contributed by atoms with E-state index < -0.39 is 17.8 Å². The topological polar surface area (TPSA) is 78.6 Å². The molecule has 0 aliphatic heterocycles. The number of nitrogens with one attached hydrogen (secondary N) is 1. The molecule has 0 aliphatic carbocycles. The highest BCUT2D eigenvalue weighted by Gasteiger charge is 2.29. The smallest absolute Gasteiger partial charge is 0.416 e. The number of alkyl halides is 3. The first-order chi connectivity index (χ1) is 12.2. The van der Waals surface area contributed by atoms with Gasteiger partial charge in [0.25, 0.3) is 0 Å². The molecule has 2 aromatic carbocycles. The Hall–Kier alpha value is -3.34. The lowest BCUT2D eigenvalue weighted by molar-refractivity contribution is -0.137. The number of nitrogens with zero attached hydrogens (tertiary/aromatic N) is 1. The molecule has 0 radical (unpaired) electrons. The average molecular weight is 363 g/mol. The molecule has 0 atom stereocenters. The predicted octanol–water partition coefficient (Wildman–Crippen LogP) is 4.02. The number of carbonyl (C=O) groups is 1. The lowest BCUT2D eigenvalue weighted by Crippen LogP contribution is -2.23. The minimum atomic E-state index is -4.39. The second kappa shape index (κ2) is 7.70. The van der Waals surface area contributed by atoms with Crippen LogP contribution < -0.4 is 16.0 Å². The monoisotopic (exact) mass is 363 g/mol. The van der Waals surface area contributed by atoms with Crippen molar-refractivity contribution >= 4 is 23.2 Å². The summed E-state index contributed by atoms with van der Waals surface area (Å²) in [5.74, 6) is 2.48. The summed E-state index contributed by atoms with van der Waals surface area (Å²) in [7, 11) is 0. The summed E-state index contributed by atoms with van der Waals surface area (Å²) in [5.41, 5.74) is 6.81. The van der Waals surface area contributed by atoms with Crippen molar-refractivity contribution in [2.45, 2.75) is 12.7 Å². The van der Waals surface area contributed by atoms with Crippen molar-refractivity contribution in [2.24, 2.45) is 0 Å². The first kappa shape index (κ1) is 19.0. The molecule has 1 amide bonds. The maximum Gasteiger partial charge on any atom is 0.416 e. The first-order valence-corrected chi connectivity index (χ1v) is 7.44. The molecule has 0 fully saturated rings. The Balaban J connectivity index is 2.22. The normalized spacial score (nSPS) is 10.8. The van der Waals surface area contributed by atoms with E-state index in [0.717, 1.165) is 12.1 Å². The first-order valence-electron chi connectivity index (χ1n) is 7.44. The molecule has 0 aliphatic rings. The summed E-state index contributed by atoms with van der Waals surface area (Å²) in [6.07, 6.45) is -0.258. The molecule has 8 heteroatoms. The number of nitrogen functional groups attached to an aromatic ring is 1. The van der Waals surface area contributed by atoms with Gasteiger partial charge in [0.2, 0.25) is 0 Å². The Morgan fingerprint density at radius 3 is 2.38 bits per heavy atom. The molecule has 2 rings (SSSR count). The van der Waals surface area contributed by atoms with E-state index in [1.54, 1.807) is 17.0 Å². The van der Waals surface area contributed by atoms with Gasteiger partial charge in [-0.05, 0) is 35.9 Å². The molecule has 0 heterocycles. The third-order valence-corrected chi connectivity index (χ3v) is 3.58. The summed E-state index contributed by atoms with van der Waals surface area (Å²) in [6.45, 7) is 0.472. The van der Waals surface area contributed by atoms with Gasteiger partial charge in [-0.1, -0.05) is 18.1 Å². The fourth-order valence-electron chi connectivity index (χ4n) is 2.34. The van der Waals surface area contributed by atoms with Crippen molar-refractivity contribution < 1.29 is 23.1 Å². The zero-order valence-corrected chi connectivity index (χ0v) is 13.5. The van der Waals surface area contributed by atoms with Crippen LogP contribution in [-0.4, -0.2) is 17.7 Å². The van der Waals surface area contributed by atoms with Crippen LogP contribution >= 0.6 is 0 Å². The molecule has 0 saturated carbocycles. The van der Waals surface area contributed by atoms with E-state index in [9.17, 15) is 18.0 Å². The summed E-state index contributed by atoms with van der Waals surface area (Å²) >= 11 is 0. The Labute approximate surface area is 148 Å². The molecular weight excluding hydrogens is 347 g/mol. The highest BCUT2D eigenvalue weighted by atomic mass is 19.4. The van der Waals surface area contributed by atoms with Crippen LogP contribution in [0.2, 0.25) is 0 Å². The third kappa shape index (κ3) is 4.83. The molecule has 0 saturated heterocycles. The molecule has 0 unspecified atom stereocenters. The minimum absolute atomic E-state index is 0.201. The molecule has 4 N–H and O–H groups in total. The van der Waals surface area contributed by atoms with E-state index in [0.29, 0.717) is 11.3 Å². The van der Waals surface area contributed by atoms with Crippen LogP contribution in [0.15, 0.2) is 42.5 Å². The van der Waals surface area contributed by atoms with Crippen LogP contribution in [0.5, 0.6) is 0 Å². The number of terminal acetylenes is 1. The van der Waals surface area contributed by atoms with E-state index >= 15 is 0 Å². The number of nitrogens with two attached hydrogens (primary N) is 1. The minimum Gasteiger partial charge on any atom is -0.465 e. The maximum absolute atomic E-state index is 12.6. The van der Waals surface area contributed by atoms with Gasteiger partial charge < -0.3 is 15.7 Å². The number of hydrogen-bond donors (Lipinski definition) is 3. The largest absolute Gasteiger partial charge is 0.465 e. The summed E-state index contributed by atoms with van der Waals surface area (Å²) in [4.78, 5) is 12.4. The van der Waals surface area contributed by atoms with Crippen LogP contribution in [0.4, 0.5) is 35.0 Å². The molecule has 0 spiro atoms. The SMILES string of the molecule is C#CCN(Cc1ccc(C(F)(F)F)cc1)c1ccc(NC(=O)O)c(N)c1. The number of benzene rings is 2. The maximum atomic E-state index is 12.6. The molecule has 0 bridgehead atoms. The van der Waals surface area contributed by atoms with Crippen molar-refractivity contribution in [1.82, 2.24) is 0 Å². The van der Waals surface area contributed by atoms with Crippen molar-refractivity contribution in [3.8, 4) is 12.3 Å². The van der Waals surface area contributed by atoms with Crippen molar-refractivity contribution in [3.05, 3.63) is 53.6 Å². The van der Waals surface area contributed by atoms with Gasteiger partial charge in [0.05, 0.1) is 23.5 Å². The lowest BCUT2D eigenvalue weighted by Gasteiger charge is -2.23. The highest BCUT2D eigenvalue weighted by Crippen LogP contribution is 2.30. The fourth-order valence-corrected chi connectivity index (χ4v) is 2.34. The molecular formula is C18H16F3N3O2. The highest BCUT2D eigenvalue weighted by molar-refractivity contribution is 5.88. The molecule has 5 nitrogen and oxygen atoms in total. The zero-order chi connectivity index (χ0) is 19.3. The van der Waals surface area contributed by atoms with Crippen molar-refractivity contribution in [2.75, 3.05) is 22.5 Å². The molecule has 0 aromatic heterocycles. The van der Waals surface area contributed by atoms with Crippen LogP contribution in [0.3, 0.4) is 0 Å². The number of rotatable bonds is 5. The van der Waals surface area contributed by atoms with Gasteiger partial charge in [-0.15, -0.1) is 6.42 Å². The molecule has 2 aromatic rings. The van der Waals surface area contributed by atoms with Gasteiger partial charge >= 0.3 is 12.3 Å². The Bertz CT molecular complexity index is 827. The molecule has 26 heavy (non-hydrogen) atoms. The van der Waals surface area contributed by atoms with Crippen molar-refractivity contribution in [3.63, 3.8) is 0 Å². The summed E-state index contributed by atoms with van der Waals surface area (Å²) < 4.78 is 37.9.